The van der Waals surface area contributed by atoms with Crippen LogP contribution in [0.15, 0.2) is 48.5 Å². The number of carboxylic acids is 1. The molecule has 0 fully saturated rings. The molecule has 0 saturated heterocycles. The van der Waals surface area contributed by atoms with Crippen molar-refractivity contribution in [2.24, 2.45) is 0 Å². The third-order valence-corrected chi connectivity index (χ3v) is 4.25. The molecule has 1 aliphatic rings. The number of nitrogens with zero attached hydrogens (tertiary/aromatic N) is 1. The van der Waals surface area contributed by atoms with Crippen molar-refractivity contribution in [2.75, 3.05) is 13.7 Å². The van der Waals surface area contributed by atoms with Gasteiger partial charge in [0.1, 0.15) is 12.4 Å². The number of amides is 1. The lowest BCUT2D eigenvalue weighted by Crippen LogP contribution is -2.43. The molecule has 130 valence electrons. The van der Waals surface area contributed by atoms with Crippen molar-refractivity contribution in [1.29, 1.82) is 0 Å². The summed E-state index contributed by atoms with van der Waals surface area (Å²) >= 11 is 0. The summed E-state index contributed by atoms with van der Waals surface area (Å²) in [5.74, 6) is -0.411. The predicted molar refractivity (Wildman–Crippen MR) is 90.4 cm³/mol. The topological polar surface area (TPSA) is 76.1 Å². The molecule has 0 aliphatic carbocycles. The van der Waals surface area contributed by atoms with Gasteiger partial charge in [-0.2, -0.15) is 0 Å². The lowest BCUT2D eigenvalue weighted by molar-refractivity contribution is -0.143. The minimum Gasteiger partial charge on any atom is -0.497 e. The monoisotopic (exact) mass is 341 g/mol. The molecule has 25 heavy (non-hydrogen) atoms. The van der Waals surface area contributed by atoms with Crippen LogP contribution in [0, 0.1) is 0 Å². The van der Waals surface area contributed by atoms with Crippen molar-refractivity contribution in [1.82, 2.24) is 4.90 Å². The Balaban J connectivity index is 1.78. The average molecular weight is 341 g/mol. The predicted octanol–water partition coefficient (Wildman–Crippen LogP) is 3.02. The molecule has 6 nitrogen and oxygen atoms in total. The Morgan fingerprint density at radius 2 is 1.96 bits per heavy atom. The zero-order valence-corrected chi connectivity index (χ0v) is 13.8. The molecule has 1 atom stereocenters. The molecule has 0 unspecified atom stereocenters. The van der Waals surface area contributed by atoms with Gasteiger partial charge in [-0.3, -0.25) is 4.90 Å². The molecular weight excluding hydrogens is 322 g/mol. The van der Waals surface area contributed by atoms with Gasteiger partial charge in [-0.15, -0.1) is 0 Å². The van der Waals surface area contributed by atoms with E-state index < -0.39 is 18.1 Å². The Morgan fingerprint density at radius 3 is 2.64 bits per heavy atom. The number of ether oxygens (including phenoxy) is 2. The second-order valence-corrected chi connectivity index (χ2v) is 5.79. The van der Waals surface area contributed by atoms with Crippen LogP contribution in [0.5, 0.6) is 5.75 Å². The van der Waals surface area contributed by atoms with Gasteiger partial charge in [0, 0.05) is 6.54 Å². The molecule has 0 aromatic heterocycles. The summed E-state index contributed by atoms with van der Waals surface area (Å²) in [6, 6.07) is 13.4. The minimum atomic E-state index is -1.08. The van der Waals surface area contributed by atoms with Crippen LogP contribution in [0.25, 0.3) is 0 Å². The summed E-state index contributed by atoms with van der Waals surface area (Å²) < 4.78 is 10.5. The first-order valence-electron chi connectivity index (χ1n) is 7.97. The molecule has 0 radical (unpaired) electrons. The second kappa shape index (κ2) is 7.25. The lowest BCUT2D eigenvalue weighted by Gasteiger charge is -2.34. The van der Waals surface area contributed by atoms with Gasteiger partial charge in [0.15, 0.2) is 6.04 Å². The summed E-state index contributed by atoms with van der Waals surface area (Å²) in [5.41, 5.74) is 2.32. The van der Waals surface area contributed by atoms with E-state index in [9.17, 15) is 14.7 Å². The normalized spacial score (nSPS) is 16.0. The van der Waals surface area contributed by atoms with E-state index in [0.717, 1.165) is 11.1 Å². The van der Waals surface area contributed by atoms with Gasteiger partial charge < -0.3 is 14.6 Å². The summed E-state index contributed by atoms with van der Waals surface area (Å²) in [6.45, 7) is 0.392. The number of fused-ring (bicyclic) bond motifs is 1. The van der Waals surface area contributed by atoms with E-state index in [1.807, 2.05) is 36.4 Å². The largest absolute Gasteiger partial charge is 0.497 e. The van der Waals surface area contributed by atoms with Gasteiger partial charge in [-0.05, 0) is 35.2 Å². The number of carboxylic acid groups (broad SMARTS) is 1. The number of carbonyl (C=O) groups excluding carboxylic acids is 1. The number of carbonyl (C=O) groups is 2. The molecule has 6 heteroatoms. The standard InChI is InChI=1S/C19H19NO5/c1-24-15-7-8-16-14(11-15)9-10-20(17(16)18(21)22)19(23)25-12-13-5-3-2-4-6-13/h2-8,11,17H,9-10,12H2,1H3,(H,21,22)/t17-/m1/s1. The van der Waals surface area contributed by atoms with Gasteiger partial charge in [0.25, 0.3) is 0 Å². The molecule has 0 bridgehead atoms. The maximum atomic E-state index is 12.4. The van der Waals surface area contributed by atoms with Gasteiger partial charge in [-0.25, -0.2) is 9.59 Å². The maximum absolute atomic E-state index is 12.4. The molecule has 1 aliphatic heterocycles. The molecule has 2 aromatic carbocycles. The zero-order valence-electron chi connectivity index (χ0n) is 13.8. The number of rotatable bonds is 4. The van der Waals surface area contributed by atoms with E-state index in [4.69, 9.17) is 9.47 Å². The first-order valence-corrected chi connectivity index (χ1v) is 7.97. The number of hydrogen-bond acceptors (Lipinski definition) is 4. The van der Waals surface area contributed by atoms with E-state index in [1.54, 1.807) is 19.2 Å². The fraction of sp³-hybridized carbons (Fsp3) is 0.263. The molecule has 2 aromatic rings. The molecule has 1 heterocycles. The van der Waals surface area contributed by atoms with Crippen molar-refractivity contribution in [2.45, 2.75) is 19.1 Å². The zero-order chi connectivity index (χ0) is 17.8. The van der Waals surface area contributed by atoms with Crippen molar-refractivity contribution in [3.05, 3.63) is 65.2 Å². The van der Waals surface area contributed by atoms with Gasteiger partial charge >= 0.3 is 12.1 Å². The third-order valence-electron chi connectivity index (χ3n) is 4.25. The molecule has 0 saturated carbocycles. The summed E-state index contributed by atoms with van der Waals surface area (Å²) in [6.07, 6.45) is -0.0748. The molecule has 0 spiro atoms. The summed E-state index contributed by atoms with van der Waals surface area (Å²) in [7, 11) is 1.56. The van der Waals surface area contributed by atoms with Crippen molar-refractivity contribution >= 4 is 12.1 Å². The van der Waals surface area contributed by atoms with Gasteiger partial charge in [-0.1, -0.05) is 36.4 Å². The van der Waals surface area contributed by atoms with E-state index in [2.05, 4.69) is 0 Å². The van der Waals surface area contributed by atoms with Gasteiger partial charge in [0.2, 0.25) is 0 Å². The van der Waals surface area contributed by atoms with Crippen LogP contribution in [-0.2, 0) is 22.6 Å². The fourth-order valence-corrected chi connectivity index (χ4v) is 3.00. The lowest BCUT2D eigenvalue weighted by atomic mass is 9.92. The van der Waals surface area contributed by atoms with Crippen molar-refractivity contribution in [3.63, 3.8) is 0 Å². The SMILES string of the molecule is COc1ccc2c(c1)CCN(C(=O)OCc1ccccc1)[C@H]2C(=O)O. The molecule has 1 amide bonds. The van der Waals surface area contributed by atoms with Gasteiger partial charge in [0.05, 0.1) is 7.11 Å². The molecule has 3 rings (SSSR count). The number of benzene rings is 2. The van der Waals surface area contributed by atoms with Crippen LogP contribution in [0.2, 0.25) is 0 Å². The summed E-state index contributed by atoms with van der Waals surface area (Å²) in [5, 5.41) is 9.64. The highest BCUT2D eigenvalue weighted by molar-refractivity contribution is 5.82. The number of hydrogen-bond donors (Lipinski definition) is 1. The Labute approximate surface area is 145 Å². The minimum absolute atomic E-state index is 0.109. The second-order valence-electron chi connectivity index (χ2n) is 5.79. The van der Waals surface area contributed by atoms with Crippen molar-refractivity contribution < 1.29 is 24.2 Å². The smallest absolute Gasteiger partial charge is 0.411 e. The molecular formula is C19H19NO5. The Hall–Kier alpha value is -3.02. The van der Waals surface area contributed by atoms with Crippen LogP contribution in [0.4, 0.5) is 4.79 Å². The first kappa shape index (κ1) is 16.8. The van der Waals surface area contributed by atoms with Crippen LogP contribution in [0.3, 0.4) is 0 Å². The number of aliphatic carboxylic acids is 1. The highest BCUT2D eigenvalue weighted by Gasteiger charge is 2.37. The third kappa shape index (κ3) is 3.57. The Bertz CT molecular complexity index is 775. The first-order chi connectivity index (χ1) is 12.1. The van der Waals surface area contributed by atoms with Crippen LogP contribution in [0.1, 0.15) is 22.7 Å². The van der Waals surface area contributed by atoms with E-state index >= 15 is 0 Å². The van der Waals surface area contributed by atoms with E-state index in [1.165, 1.54) is 4.90 Å². The Kier molecular flexibility index (Phi) is 4.88. The van der Waals surface area contributed by atoms with E-state index in [-0.39, 0.29) is 13.2 Å². The Morgan fingerprint density at radius 1 is 1.20 bits per heavy atom. The van der Waals surface area contributed by atoms with Crippen LogP contribution < -0.4 is 4.74 Å². The fourth-order valence-electron chi connectivity index (χ4n) is 3.00. The average Bonchev–Trinajstić information content (AvgIpc) is 2.65. The highest BCUT2D eigenvalue weighted by atomic mass is 16.6. The van der Waals surface area contributed by atoms with Crippen LogP contribution >= 0.6 is 0 Å². The number of methoxy groups -OCH3 is 1. The maximum Gasteiger partial charge on any atom is 0.411 e. The quantitative estimate of drug-likeness (QED) is 0.925. The summed E-state index contributed by atoms with van der Waals surface area (Å²) in [4.78, 5) is 25.5. The van der Waals surface area contributed by atoms with Crippen LogP contribution in [-0.4, -0.2) is 35.7 Å². The molecule has 1 N–H and O–H groups in total. The van der Waals surface area contributed by atoms with Crippen molar-refractivity contribution in [3.8, 4) is 5.75 Å². The van der Waals surface area contributed by atoms with E-state index in [0.29, 0.717) is 17.7 Å². The highest BCUT2D eigenvalue weighted by Crippen LogP contribution is 2.33.